The first-order valence-electron chi connectivity index (χ1n) is 16.0. The fourth-order valence-corrected chi connectivity index (χ4v) is 5.14. The number of nitrogens with zero attached hydrogens (tertiary/aromatic N) is 2. The molecular formula is C40H29ClF7N4O4-. The third-order valence-corrected chi connectivity index (χ3v) is 7.97. The Bertz CT molecular complexity index is 2300. The molecule has 0 atom stereocenters. The summed E-state index contributed by atoms with van der Waals surface area (Å²) in [7, 11) is 1.62. The Balaban J connectivity index is 0.000000203. The smallest absolute Gasteiger partial charge is 0.417 e. The molecule has 2 heterocycles. The number of benzene rings is 4. The third kappa shape index (κ3) is 11.3. The van der Waals surface area contributed by atoms with E-state index in [-0.39, 0.29) is 22.7 Å². The Hall–Kier alpha value is -6.48. The summed E-state index contributed by atoms with van der Waals surface area (Å²) in [5, 5.41) is 11.8. The summed E-state index contributed by atoms with van der Waals surface area (Å²) in [5.74, 6) is -1.50. The van der Waals surface area contributed by atoms with Crippen LogP contribution in [0.15, 0.2) is 122 Å². The number of anilines is 1. The minimum atomic E-state index is -4.76. The molecule has 0 saturated heterocycles. The van der Waals surface area contributed by atoms with E-state index in [2.05, 4.69) is 15.3 Å². The first-order valence-corrected chi connectivity index (χ1v) is 16.4. The van der Waals surface area contributed by atoms with Crippen LogP contribution in [0.5, 0.6) is 5.75 Å². The number of ether oxygens (including phenoxy) is 1. The summed E-state index contributed by atoms with van der Waals surface area (Å²) in [6.07, 6.45) is -4.12. The van der Waals surface area contributed by atoms with Gasteiger partial charge in [0.1, 0.15) is 5.75 Å². The van der Waals surface area contributed by atoms with E-state index in [0.29, 0.717) is 34.5 Å². The molecule has 0 aliphatic heterocycles. The van der Waals surface area contributed by atoms with Gasteiger partial charge in [-0.3, -0.25) is 14.8 Å². The van der Waals surface area contributed by atoms with Crippen molar-refractivity contribution in [3.63, 3.8) is 0 Å². The zero-order chi connectivity index (χ0) is 41.2. The Kier molecular flexibility index (Phi) is 13.8. The van der Waals surface area contributed by atoms with Crippen molar-refractivity contribution in [3.05, 3.63) is 166 Å². The standard InChI is InChI=1S/C20H17ClN2O2.C14H8F6N.C6H4FNO2/c1-13-12-22-10-9-17(13)20(24)23-16-6-3-14(4-7-16)18-11-15(21)5-8-19(18)25-2;15-13(16,17)9-3-6-12(14(18,19)20)11(7-9)8-1-4-10(21)5-2-8;7-5-3-8-2-1-4(5)6(9)10/h3-12H,1-2H3,(H,23,24);1-7,21H;1-3H,(H,9,10)/q;-1;. The number of rotatable bonds is 6. The van der Waals surface area contributed by atoms with E-state index >= 15 is 0 Å². The number of carbonyl (C=O) groups is 2. The van der Waals surface area contributed by atoms with Gasteiger partial charge >= 0.3 is 18.3 Å². The van der Waals surface area contributed by atoms with Crippen LogP contribution in [-0.4, -0.2) is 34.1 Å². The minimum absolute atomic E-state index is 0.0237. The number of hydrogen-bond donors (Lipinski definition) is 2. The highest BCUT2D eigenvalue weighted by molar-refractivity contribution is 6.31. The second-order valence-corrected chi connectivity index (χ2v) is 12.0. The zero-order valence-electron chi connectivity index (χ0n) is 29.1. The number of amides is 1. The van der Waals surface area contributed by atoms with Crippen LogP contribution in [0.25, 0.3) is 28.0 Å². The highest BCUT2D eigenvalue weighted by Gasteiger charge is 2.37. The normalized spacial score (nSPS) is 11.0. The average molecular weight is 798 g/mol. The predicted octanol–water partition coefficient (Wildman–Crippen LogP) is 12.0. The number of carbonyl (C=O) groups excluding carboxylic acids is 1. The van der Waals surface area contributed by atoms with Crippen LogP contribution in [0.1, 0.15) is 37.4 Å². The maximum atomic E-state index is 12.9. The van der Waals surface area contributed by atoms with E-state index in [9.17, 15) is 40.3 Å². The maximum Gasteiger partial charge on any atom is 0.417 e. The van der Waals surface area contributed by atoms with Gasteiger partial charge in [-0.05, 0) is 89.8 Å². The molecule has 0 unspecified atom stereocenters. The monoisotopic (exact) mass is 797 g/mol. The number of nitrogens with one attached hydrogen (secondary N) is 2. The first kappa shape index (κ1) is 42.3. The number of aryl methyl sites for hydroxylation is 1. The molecule has 2 aromatic heterocycles. The summed E-state index contributed by atoms with van der Waals surface area (Å²) < 4.78 is 94.5. The van der Waals surface area contributed by atoms with Gasteiger partial charge < -0.3 is 20.9 Å². The van der Waals surface area contributed by atoms with Gasteiger partial charge in [-0.2, -0.15) is 26.3 Å². The fraction of sp³-hybridized carbons (Fsp3) is 0.100. The molecule has 56 heavy (non-hydrogen) atoms. The van der Waals surface area contributed by atoms with E-state index in [1.807, 2.05) is 43.3 Å². The van der Waals surface area contributed by atoms with Gasteiger partial charge in [-0.15, -0.1) is 5.69 Å². The Labute approximate surface area is 320 Å². The van der Waals surface area contributed by atoms with Gasteiger partial charge in [0.05, 0.1) is 30.0 Å². The number of carboxylic acid groups (broad SMARTS) is 1. The van der Waals surface area contributed by atoms with Crippen molar-refractivity contribution in [2.24, 2.45) is 0 Å². The van der Waals surface area contributed by atoms with Crippen molar-refractivity contribution >= 4 is 34.9 Å². The molecular weight excluding hydrogens is 769 g/mol. The number of carboxylic acids is 1. The lowest BCUT2D eigenvalue weighted by Gasteiger charge is -2.16. The van der Waals surface area contributed by atoms with E-state index in [4.69, 9.17) is 27.2 Å². The Morgan fingerprint density at radius 3 is 1.88 bits per heavy atom. The summed E-state index contributed by atoms with van der Waals surface area (Å²) in [5.41, 5.74) is 8.10. The zero-order valence-corrected chi connectivity index (χ0v) is 29.9. The lowest BCUT2D eigenvalue weighted by atomic mass is 9.96. The van der Waals surface area contributed by atoms with Gasteiger partial charge in [0.25, 0.3) is 5.91 Å². The lowest BCUT2D eigenvalue weighted by Crippen LogP contribution is -2.13. The second kappa shape index (κ2) is 18.2. The predicted molar refractivity (Wildman–Crippen MR) is 197 cm³/mol. The van der Waals surface area contributed by atoms with Crippen LogP contribution in [0.4, 0.5) is 42.1 Å². The van der Waals surface area contributed by atoms with Crippen LogP contribution < -0.4 is 10.1 Å². The molecule has 3 N–H and O–H groups in total. The highest BCUT2D eigenvalue weighted by Crippen LogP contribution is 2.41. The van der Waals surface area contributed by atoms with Crippen molar-refractivity contribution in [1.29, 1.82) is 0 Å². The van der Waals surface area contributed by atoms with Gasteiger partial charge in [0.2, 0.25) is 0 Å². The molecule has 0 aliphatic rings. The number of aromatic nitrogens is 2. The van der Waals surface area contributed by atoms with Gasteiger partial charge in [-0.1, -0.05) is 48.0 Å². The number of alkyl halides is 6. The van der Waals surface area contributed by atoms with Gasteiger partial charge in [-0.25, -0.2) is 9.18 Å². The van der Waals surface area contributed by atoms with Crippen molar-refractivity contribution in [2.45, 2.75) is 19.3 Å². The summed E-state index contributed by atoms with van der Waals surface area (Å²) in [6, 6.07) is 21.9. The van der Waals surface area contributed by atoms with Crippen molar-refractivity contribution < 1.29 is 50.2 Å². The summed E-state index contributed by atoms with van der Waals surface area (Å²) in [4.78, 5) is 29.9. The summed E-state index contributed by atoms with van der Waals surface area (Å²) in [6.45, 7) is 1.86. The molecule has 0 fully saturated rings. The number of halogens is 8. The van der Waals surface area contributed by atoms with E-state index in [0.717, 1.165) is 34.7 Å². The number of methoxy groups -OCH3 is 1. The maximum absolute atomic E-state index is 12.9. The number of aromatic carboxylic acids is 1. The van der Waals surface area contributed by atoms with Gasteiger partial charge in [0.15, 0.2) is 5.82 Å². The van der Waals surface area contributed by atoms with Gasteiger partial charge in [0, 0.05) is 40.4 Å². The number of hydrogen-bond acceptors (Lipinski definition) is 5. The minimum Gasteiger partial charge on any atom is -0.699 e. The molecule has 6 rings (SSSR count). The molecule has 6 aromatic rings. The van der Waals surface area contributed by atoms with Crippen molar-refractivity contribution in [2.75, 3.05) is 12.4 Å². The third-order valence-electron chi connectivity index (χ3n) is 7.73. The molecule has 8 nitrogen and oxygen atoms in total. The van der Waals surface area contributed by atoms with Crippen molar-refractivity contribution in [1.82, 2.24) is 9.97 Å². The quantitative estimate of drug-likeness (QED) is 0.162. The SMILES string of the molecule is COc1ccc(Cl)cc1-c1ccc(NC(=O)c2ccncc2C)cc1.O=C(O)c1ccncc1F.[NH-]c1ccc(-c2cc(C(F)(F)F)ccc2C(F)(F)F)cc1. The van der Waals surface area contributed by atoms with Crippen LogP contribution in [-0.2, 0) is 12.4 Å². The van der Waals surface area contributed by atoms with Crippen molar-refractivity contribution in [3.8, 4) is 28.0 Å². The lowest BCUT2D eigenvalue weighted by molar-refractivity contribution is -0.141. The summed E-state index contributed by atoms with van der Waals surface area (Å²) >= 11 is 6.09. The van der Waals surface area contributed by atoms with Crippen LogP contribution >= 0.6 is 11.6 Å². The molecule has 290 valence electrons. The largest absolute Gasteiger partial charge is 0.699 e. The molecule has 4 aromatic carbocycles. The fourth-order valence-electron chi connectivity index (χ4n) is 4.97. The molecule has 0 spiro atoms. The average Bonchev–Trinajstić information content (AvgIpc) is 3.15. The molecule has 1 amide bonds. The Morgan fingerprint density at radius 1 is 0.750 bits per heavy atom. The molecule has 0 aliphatic carbocycles. The Morgan fingerprint density at radius 2 is 1.34 bits per heavy atom. The molecule has 16 heteroatoms. The molecule has 0 radical (unpaired) electrons. The van der Waals surface area contributed by atoms with E-state index in [1.165, 1.54) is 30.5 Å². The van der Waals surface area contributed by atoms with Crippen LogP contribution in [0.3, 0.4) is 0 Å². The van der Waals surface area contributed by atoms with E-state index < -0.39 is 40.8 Å². The first-order chi connectivity index (χ1) is 26.4. The second-order valence-electron chi connectivity index (χ2n) is 11.6. The van der Waals surface area contributed by atoms with E-state index in [1.54, 1.807) is 31.6 Å². The molecule has 0 saturated carbocycles. The highest BCUT2D eigenvalue weighted by atomic mass is 35.5. The van der Waals surface area contributed by atoms with Crippen LogP contribution in [0.2, 0.25) is 5.02 Å². The molecule has 0 bridgehead atoms. The number of pyridine rings is 2. The topological polar surface area (TPSA) is 125 Å². The van der Waals surface area contributed by atoms with Crippen LogP contribution in [0, 0.1) is 12.7 Å².